The van der Waals surface area contributed by atoms with Crippen LogP contribution in [0, 0.1) is 0 Å². The van der Waals surface area contributed by atoms with Crippen LogP contribution in [-0.2, 0) is 14.8 Å². The molecule has 94 valence electrons. The molecular formula is C9H19N3O3S. The molecule has 1 aliphatic rings. The molecule has 0 aromatic carbocycles. The molecule has 0 unspecified atom stereocenters. The number of hydrogen-bond acceptors (Lipinski definition) is 4. The Bertz CT molecular complexity index is 349. The van der Waals surface area contributed by atoms with Crippen LogP contribution in [0.4, 0.5) is 0 Å². The summed E-state index contributed by atoms with van der Waals surface area (Å²) in [4.78, 5) is 11.5. The second kappa shape index (κ2) is 5.11. The lowest BCUT2D eigenvalue weighted by Crippen LogP contribution is -2.59. The van der Waals surface area contributed by atoms with Gasteiger partial charge >= 0.3 is 0 Å². The minimum Gasteiger partial charge on any atom is -0.353 e. The lowest BCUT2D eigenvalue weighted by atomic mass is 9.77. The van der Waals surface area contributed by atoms with Crippen molar-refractivity contribution in [1.82, 2.24) is 10.0 Å². The molecule has 1 fully saturated rings. The van der Waals surface area contributed by atoms with Gasteiger partial charge in [-0.15, -0.1) is 0 Å². The number of amides is 1. The fraction of sp³-hybridized carbons (Fsp3) is 0.889. The summed E-state index contributed by atoms with van der Waals surface area (Å²) in [6, 6.07) is 0. The summed E-state index contributed by atoms with van der Waals surface area (Å²) >= 11 is 0. The smallest absolute Gasteiger partial charge is 0.240 e. The van der Waals surface area contributed by atoms with E-state index < -0.39 is 15.6 Å². The fourth-order valence-electron chi connectivity index (χ4n) is 1.55. The Hall–Kier alpha value is -0.660. The van der Waals surface area contributed by atoms with Crippen LogP contribution in [0.25, 0.3) is 0 Å². The molecule has 1 rings (SSSR count). The van der Waals surface area contributed by atoms with Gasteiger partial charge in [0.2, 0.25) is 15.9 Å². The van der Waals surface area contributed by atoms with Gasteiger partial charge in [-0.05, 0) is 19.3 Å². The average molecular weight is 249 g/mol. The normalized spacial score (nSPS) is 18.9. The SMILES string of the molecule is CCNS(=O)(=O)CCNC(=O)C1(N)CCC1. The Morgan fingerprint density at radius 2 is 2.06 bits per heavy atom. The Balaban J connectivity index is 2.28. The number of hydrogen-bond donors (Lipinski definition) is 3. The molecule has 0 radical (unpaired) electrons. The molecule has 0 heterocycles. The first-order valence-corrected chi connectivity index (χ1v) is 7.09. The zero-order valence-corrected chi connectivity index (χ0v) is 10.3. The molecule has 0 aromatic heterocycles. The average Bonchev–Trinajstić information content (AvgIpc) is 2.13. The summed E-state index contributed by atoms with van der Waals surface area (Å²) in [5.74, 6) is -0.353. The third-order valence-electron chi connectivity index (χ3n) is 2.72. The van der Waals surface area contributed by atoms with Crippen LogP contribution in [-0.4, -0.2) is 38.7 Å². The number of nitrogens with two attached hydrogens (primary N) is 1. The van der Waals surface area contributed by atoms with Gasteiger partial charge in [0.05, 0.1) is 11.3 Å². The third kappa shape index (κ3) is 3.43. The van der Waals surface area contributed by atoms with Gasteiger partial charge < -0.3 is 11.1 Å². The Labute approximate surface area is 96.0 Å². The molecular weight excluding hydrogens is 230 g/mol. The molecule has 0 saturated heterocycles. The summed E-state index contributed by atoms with van der Waals surface area (Å²) in [5.41, 5.74) is 5.02. The van der Waals surface area contributed by atoms with Gasteiger partial charge in [0, 0.05) is 13.1 Å². The van der Waals surface area contributed by atoms with E-state index in [1.165, 1.54) is 0 Å². The van der Waals surface area contributed by atoms with Crippen LogP contribution < -0.4 is 15.8 Å². The highest BCUT2D eigenvalue weighted by Gasteiger charge is 2.39. The third-order valence-corrected chi connectivity index (χ3v) is 4.19. The first-order valence-electron chi connectivity index (χ1n) is 5.44. The first kappa shape index (κ1) is 13.4. The summed E-state index contributed by atoms with van der Waals surface area (Å²) in [5, 5.41) is 2.56. The highest BCUT2D eigenvalue weighted by atomic mass is 32.2. The summed E-state index contributed by atoms with van der Waals surface area (Å²) in [6.45, 7) is 2.17. The first-order chi connectivity index (χ1) is 7.40. The fourth-order valence-corrected chi connectivity index (χ4v) is 2.51. The molecule has 0 bridgehead atoms. The number of rotatable bonds is 6. The van der Waals surface area contributed by atoms with Gasteiger partial charge in [-0.3, -0.25) is 4.79 Å². The molecule has 1 aliphatic carbocycles. The molecule has 4 N–H and O–H groups in total. The number of carbonyl (C=O) groups excluding carboxylic acids is 1. The molecule has 7 heteroatoms. The van der Waals surface area contributed by atoms with Crippen molar-refractivity contribution >= 4 is 15.9 Å². The van der Waals surface area contributed by atoms with E-state index in [4.69, 9.17) is 5.73 Å². The molecule has 0 aliphatic heterocycles. The molecule has 0 aromatic rings. The second-order valence-electron chi connectivity index (χ2n) is 4.08. The van der Waals surface area contributed by atoms with E-state index in [2.05, 4.69) is 10.0 Å². The van der Waals surface area contributed by atoms with E-state index in [9.17, 15) is 13.2 Å². The van der Waals surface area contributed by atoms with Crippen LogP contribution in [0.15, 0.2) is 0 Å². The minimum atomic E-state index is -3.27. The van der Waals surface area contributed by atoms with Crippen LogP contribution in [0.3, 0.4) is 0 Å². The van der Waals surface area contributed by atoms with Crippen molar-refractivity contribution < 1.29 is 13.2 Å². The van der Waals surface area contributed by atoms with Gasteiger partial charge in [0.1, 0.15) is 0 Å². The molecule has 1 amide bonds. The van der Waals surface area contributed by atoms with Crippen molar-refractivity contribution in [3.63, 3.8) is 0 Å². The lowest BCUT2D eigenvalue weighted by Gasteiger charge is -2.36. The maximum atomic E-state index is 11.5. The van der Waals surface area contributed by atoms with Crippen LogP contribution >= 0.6 is 0 Å². The summed E-state index contributed by atoms with van der Waals surface area (Å²) in [7, 11) is -3.27. The topological polar surface area (TPSA) is 101 Å². The van der Waals surface area contributed by atoms with Gasteiger partial charge in [0.25, 0.3) is 0 Å². The standard InChI is InChI=1S/C9H19N3O3S/c1-2-12-16(14,15)7-6-11-8(13)9(10)4-3-5-9/h12H,2-7,10H2,1H3,(H,11,13). The maximum absolute atomic E-state index is 11.5. The lowest BCUT2D eigenvalue weighted by molar-refractivity contribution is -0.129. The second-order valence-corrected chi connectivity index (χ2v) is 6.01. The van der Waals surface area contributed by atoms with Gasteiger partial charge in [-0.25, -0.2) is 13.1 Å². The molecule has 0 spiro atoms. The number of nitrogens with one attached hydrogen (secondary N) is 2. The predicted molar refractivity (Wildman–Crippen MR) is 61.2 cm³/mol. The summed E-state index contributed by atoms with van der Waals surface area (Å²) in [6.07, 6.45) is 2.32. The van der Waals surface area contributed by atoms with Crippen LogP contribution in [0.2, 0.25) is 0 Å². The highest BCUT2D eigenvalue weighted by Crippen LogP contribution is 2.28. The van der Waals surface area contributed by atoms with Gasteiger partial charge in [-0.1, -0.05) is 6.92 Å². The van der Waals surface area contributed by atoms with Crippen molar-refractivity contribution in [3.05, 3.63) is 0 Å². The largest absolute Gasteiger partial charge is 0.353 e. The van der Waals surface area contributed by atoms with E-state index in [0.29, 0.717) is 19.4 Å². The number of carbonyl (C=O) groups is 1. The molecule has 6 nitrogen and oxygen atoms in total. The minimum absolute atomic E-state index is 0.104. The quantitative estimate of drug-likeness (QED) is 0.557. The number of sulfonamides is 1. The van der Waals surface area contributed by atoms with Crippen LogP contribution in [0.1, 0.15) is 26.2 Å². The Morgan fingerprint density at radius 1 is 1.44 bits per heavy atom. The van der Waals surface area contributed by atoms with Crippen molar-refractivity contribution in [3.8, 4) is 0 Å². The molecule has 1 saturated carbocycles. The van der Waals surface area contributed by atoms with E-state index in [1.807, 2.05) is 0 Å². The van der Waals surface area contributed by atoms with Crippen molar-refractivity contribution in [1.29, 1.82) is 0 Å². The maximum Gasteiger partial charge on any atom is 0.240 e. The highest BCUT2D eigenvalue weighted by molar-refractivity contribution is 7.89. The predicted octanol–water partition coefficient (Wildman–Crippen LogP) is -1.08. The van der Waals surface area contributed by atoms with E-state index in [-0.39, 0.29) is 18.2 Å². The summed E-state index contributed by atoms with van der Waals surface area (Å²) < 4.78 is 24.9. The van der Waals surface area contributed by atoms with E-state index in [1.54, 1.807) is 6.92 Å². The van der Waals surface area contributed by atoms with E-state index in [0.717, 1.165) is 6.42 Å². The zero-order chi connectivity index (χ0) is 12.2. The molecule has 0 atom stereocenters. The van der Waals surface area contributed by atoms with Crippen molar-refractivity contribution in [2.75, 3.05) is 18.8 Å². The molecule has 16 heavy (non-hydrogen) atoms. The van der Waals surface area contributed by atoms with Gasteiger partial charge in [-0.2, -0.15) is 0 Å². The van der Waals surface area contributed by atoms with Crippen molar-refractivity contribution in [2.24, 2.45) is 5.73 Å². The Kier molecular flexibility index (Phi) is 4.28. The van der Waals surface area contributed by atoms with Crippen molar-refractivity contribution in [2.45, 2.75) is 31.7 Å². The van der Waals surface area contributed by atoms with Gasteiger partial charge in [0.15, 0.2) is 0 Å². The Morgan fingerprint density at radius 3 is 2.50 bits per heavy atom. The van der Waals surface area contributed by atoms with E-state index >= 15 is 0 Å². The van der Waals surface area contributed by atoms with Crippen LogP contribution in [0.5, 0.6) is 0 Å². The monoisotopic (exact) mass is 249 g/mol. The zero-order valence-electron chi connectivity index (χ0n) is 9.45.